The van der Waals surface area contributed by atoms with Gasteiger partial charge in [-0.1, -0.05) is 13.0 Å². The molecule has 0 spiro atoms. The molecular formula is C24H25F4N3O4S. The van der Waals surface area contributed by atoms with E-state index in [2.05, 4.69) is 10.3 Å². The number of hydrogen-bond donors (Lipinski definition) is 1. The Kier molecular flexibility index (Phi) is 6.84. The average molecular weight is 528 g/mol. The number of rotatable bonds is 6. The molecule has 1 aromatic carbocycles. The van der Waals surface area contributed by atoms with Crippen LogP contribution in [0.2, 0.25) is 0 Å². The van der Waals surface area contributed by atoms with E-state index in [1.165, 1.54) is 17.2 Å². The number of halogens is 4. The number of carbonyl (C=O) groups is 2. The molecule has 0 bridgehead atoms. The highest BCUT2D eigenvalue weighted by molar-refractivity contribution is 7.90. The van der Waals surface area contributed by atoms with E-state index >= 15 is 0 Å². The third-order valence-corrected chi connectivity index (χ3v) is 7.47. The first kappa shape index (κ1) is 26.1. The molecule has 0 unspecified atom stereocenters. The first-order valence-corrected chi connectivity index (χ1v) is 13.3. The van der Waals surface area contributed by atoms with E-state index in [1.54, 1.807) is 0 Å². The van der Waals surface area contributed by atoms with E-state index < -0.39 is 51.3 Å². The lowest BCUT2D eigenvalue weighted by molar-refractivity contribution is -0.137. The summed E-state index contributed by atoms with van der Waals surface area (Å²) in [5.74, 6) is -2.31. The van der Waals surface area contributed by atoms with Gasteiger partial charge in [-0.05, 0) is 55.4 Å². The van der Waals surface area contributed by atoms with E-state index in [9.17, 15) is 35.6 Å². The molecule has 1 aliphatic heterocycles. The summed E-state index contributed by atoms with van der Waals surface area (Å²) in [6.45, 7) is 2.10. The molecule has 0 radical (unpaired) electrons. The monoisotopic (exact) mass is 527 g/mol. The SMILES string of the molecule is C[C@@H]1C[C@H](C(=O)N[C@@H](c2ccc(C(F)(F)F)cc2F)C2CC2)N(C(=O)c2ccnc(S(C)(=O)=O)c2)C1. The van der Waals surface area contributed by atoms with Gasteiger partial charge in [-0.15, -0.1) is 0 Å². The number of sulfone groups is 1. The second-order valence-electron chi connectivity index (χ2n) is 9.53. The molecule has 12 heteroatoms. The quantitative estimate of drug-likeness (QED) is 0.578. The van der Waals surface area contributed by atoms with Crippen LogP contribution in [-0.4, -0.2) is 49.0 Å². The molecule has 1 saturated heterocycles. The highest BCUT2D eigenvalue weighted by Gasteiger charge is 2.42. The first-order chi connectivity index (χ1) is 16.8. The zero-order valence-corrected chi connectivity index (χ0v) is 20.4. The van der Waals surface area contributed by atoms with Gasteiger partial charge in [0.2, 0.25) is 5.91 Å². The number of likely N-dealkylation sites (tertiary alicyclic amines) is 1. The Balaban J connectivity index is 1.57. The molecule has 1 saturated carbocycles. The third kappa shape index (κ3) is 5.53. The van der Waals surface area contributed by atoms with Gasteiger partial charge in [-0.25, -0.2) is 17.8 Å². The standard InChI is InChI=1S/C24H25F4N3O4S/c1-13-9-19(31(12-13)23(33)15-7-8-29-20(10-15)36(2,34)35)22(32)30-21(14-3-4-14)17-6-5-16(11-18(17)25)24(26,27)28/h5-8,10-11,13-14,19,21H,3-4,9,12H2,1-2H3,(H,30,32)/t13-,19-,21-/m1/s1. The first-order valence-electron chi connectivity index (χ1n) is 11.4. The maximum Gasteiger partial charge on any atom is 0.416 e. The van der Waals surface area contributed by atoms with Crippen molar-refractivity contribution in [3.05, 3.63) is 59.0 Å². The number of aromatic nitrogens is 1. The molecule has 2 heterocycles. The molecule has 7 nitrogen and oxygen atoms in total. The van der Waals surface area contributed by atoms with Gasteiger partial charge < -0.3 is 10.2 Å². The summed E-state index contributed by atoms with van der Waals surface area (Å²) in [5.41, 5.74) is -1.09. The topological polar surface area (TPSA) is 96.4 Å². The fraction of sp³-hybridized carbons (Fsp3) is 0.458. The van der Waals surface area contributed by atoms with Crippen LogP contribution in [0.3, 0.4) is 0 Å². The van der Waals surface area contributed by atoms with Crippen LogP contribution in [0.1, 0.15) is 53.7 Å². The maximum atomic E-state index is 14.7. The van der Waals surface area contributed by atoms with Crippen molar-refractivity contribution in [1.29, 1.82) is 0 Å². The predicted octanol–water partition coefficient (Wildman–Crippen LogP) is 3.76. The summed E-state index contributed by atoms with van der Waals surface area (Å²) in [6, 6.07) is 3.04. The van der Waals surface area contributed by atoms with Crippen molar-refractivity contribution in [1.82, 2.24) is 15.2 Å². The van der Waals surface area contributed by atoms with Gasteiger partial charge in [0.25, 0.3) is 5.91 Å². The summed E-state index contributed by atoms with van der Waals surface area (Å²) in [7, 11) is -3.66. The number of alkyl halides is 3. The second-order valence-corrected chi connectivity index (χ2v) is 11.5. The number of benzene rings is 1. The molecule has 4 rings (SSSR count). The van der Waals surface area contributed by atoms with Crippen molar-refractivity contribution < 1.29 is 35.6 Å². The highest BCUT2D eigenvalue weighted by Crippen LogP contribution is 2.43. The fourth-order valence-corrected chi connectivity index (χ4v) is 5.11. The van der Waals surface area contributed by atoms with Gasteiger partial charge in [0.1, 0.15) is 11.9 Å². The molecule has 194 valence electrons. The van der Waals surface area contributed by atoms with Crippen LogP contribution < -0.4 is 5.32 Å². The van der Waals surface area contributed by atoms with E-state index in [4.69, 9.17) is 0 Å². The molecule has 2 aliphatic rings. The lowest BCUT2D eigenvalue weighted by atomic mass is 9.98. The van der Waals surface area contributed by atoms with Gasteiger partial charge in [-0.3, -0.25) is 9.59 Å². The van der Waals surface area contributed by atoms with Crippen LogP contribution >= 0.6 is 0 Å². The van der Waals surface area contributed by atoms with Crippen molar-refractivity contribution in [2.24, 2.45) is 11.8 Å². The lowest BCUT2D eigenvalue weighted by Gasteiger charge is -2.27. The molecule has 2 fully saturated rings. The minimum absolute atomic E-state index is 0.0327. The van der Waals surface area contributed by atoms with Crippen molar-refractivity contribution in [3.8, 4) is 0 Å². The van der Waals surface area contributed by atoms with Crippen molar-refractivity contribution in [3.63, 3.8) is 0 Å². The zero-order valence-electron chi connectivity index (χ0n) is 19.5. The van der Waals surface area contributed by atoms with Crippen LogP contribution in [0.5, 0.6) is 0 Å². The van der Waals surface area contributed by atoms with Crippen LogP contribution in [0.4, 0.5) is 17.6 Å². The minimum atomic E-state index is -4.69. The van der Waals surface area contributed by atoms with Gasteiger partial charge >= 0.3 is 6.18 Å². The normalized spacial score (nSPS) is 21.3. The maximum absolute atomic E-state index is 14.7. The Morgan fingerprint density at radius 1 is 1.17 bits per heavy atom. The summed E-state index contributed by atoms with van der Waals surface area (Å²) in [4.78, 5) is 31.6. The number of carbonyl (C=O) groups excluding carboxylic acids is 2. The van der Waals surface area contributed by atoms with Crippen LogP contribution in [0.15, 0.2) is 41.6 Å². The Morgan fingerprint density at radius 3 is 2.44 bits per heavy atom. The Labute approximate surface area is 205 Å². The van der Waals surface area contributed by atoms with Crippen molar-refractivity contribution in [2.45, 2.75) is 49.5 Å². The zero-order chi connectivity index (χ0) is 26.4. The minimum Gasteiger partial charge on any atom is -0.347 e. The number of pyridine rings is 1. The fourth-order valence-electron chi connectivity index (χ4n) is 4.51. The molecule has 1 aromatic heterocycles. The van der Waals surface area contributed by atoms with Gasteiger partial charge in [0.15, 0.2) is 14.9 Å². The molecule has 3 atom stereocenters. The average Bonchev–Trinajstić information content (AvgIpc) is 3.56. The molecule has 2 amide bonds. The summed E-state index contributed by atoms with van der Waals surface area (Å²) in [5, 5.41) is 2.50. The van der Waals surface area contributed by atoms with Crippen LogP contribution in [0, 0.1) is 17.7 Å². The van der Waals surface area contributed by atoms with Gasteiger partial charge in [0, 0.05) is 30.1 Å². The predicted molar refractivity (Wildman–Crippen MR) is 121 cm³/mol. The number of amides is 2. The van der Waals surface area contributed by atoms with E-state index in [-0.39, 0.29) is 34.5 Å². The number of nitrogens with one attached hydrogen (secondary N) is 1. The second kappa shape index (κ2) is 9.45. The van der Waals surface area contributed by atoms with E-state index in [1.807, 2.05) is 6.92 Å². The Morgan fingerprint density at radius 2 is 1.86 bits per heavy atom. The molecule has 2 aromatic rings. The number of nitrogens with zero attached hydrogens (tertiary/aromatic N) is 2. The van der Waals surface area contributed by atoms with E-state index in [0.717, 1.165) is 24.5 Å². The lowest BCUT2D eigenvalue weighted by Crippen LogP contribution is -2.47. The summed E-state index contributed by atoms with van der Waals surface area (Å²) >= 11 is 0. The van der Waals surface area contributed by atoms with Crippen molar-refractivity contribution >= 4 is 21.7 Å². The van der Waals surface area contributed by atoms with Crippen LogP contribution in [0.25, 0.3) is 0 Å². The van der Waals surface area contributed by atoms with Gasteiger partial charge in [0.05, 0.1) is 11.6 Å². The third-order valence-electron chi connectivity index (χ3n) is 6.49. The number of hydrogen-bond acceptors (Lipinski definition) is 5. The molecule has 1 aliphatic carbocycles. The van der Waals surface area contributed by atoms with Gasteiger partial charge in [-0.2, -0.15) is 13.2 Å². The highest BCUT2D eigenvalue weighted by atomic mass is 32.2. The van der Waals surface area contributed by atoms with Crippen molar-refractivity contribution in [2.75, 3.05) is 12.8 Å². The molecule has 1 N–H and O–H groups in total. The largest absolute Gasteiger partial charge is 0.416 e. The summed E-state index contributed by atoms with van der Waals surface area (Å²) in [6.07, 6.45) is -0.831. The van der Waals surface area contributed by atoms with Crippen LogP contribution in [-0.2, 0) is 20.8 Å². The molecular weight excluding hydrogens is 502 g/mol. The Hall–Kier alpha value is -3.02. The molecule has 36 heavy (non-hydrogen) atoms. The summed E-state index contributed by atoms with van der Waals surface area (Å²) < 4.78 is 77.3. The Bertz CT molecular complexity index is 1290. The smallest absolute Gasteiger partial charge is 0.347 e. The van der Waals surface area contributed by atoms with E-state index in [0.29, 0.717) is 25.3 Å².